The summed E-state index contributed by atoms with van der Waals surface area (Å²) in [6, 6.07) is 3.89. The first-order valence-electron chi connectivity index (χ1n) is 11.4. The number of methoxy groups -OCH3 is 1. The highest BCUT2D eigenvalue weighted by molar-refractivity contribution is 5.90. The van der Waals surface area contributed by atoms with Gasteiger partial charge in [0.2, 0.25) is 6.29 Å². The van der Waals surface area contributed by atoms with E-state index >= 15 is 0 Å². The molecular weight excluding hydrogens is 484 g/mol. The van der Waals surface area contributed by atoms with E-state index in [1.165, 1.54) is 25.5 Å². The summed E-state index contributed by atoms with van der Waals surface area (Å²) in [6.45, 7) is -0.903. The Kier molecular flexibility index (Phi) is 6.59. The molecule has 198 valence electrons. The molecule has 5 rings (SSSR count). The van der Waals surface area contributed by atoms with Gasteiger partial charge in [-0.2, -0.15) is 0 Å². The van der Waals surface area contributed by atoms with Crippen molar-refractivity contribution in [2.75, 3.05) is 20.3 Å². The summed E-state index contributed by atoms with van der Waals surface area (Å²) in [4.78, 5) is 12.4. The van der Waals surface area contributed by atoms with E-state index in [4.69, 9.17) is 28.4 Å². The van der Waals surface area contributed by atoms with Crippen LogP contribution in [0.25, 0.3) is 0 Å². The number of epoxide rings is 1. The lowest BCUT2D eigenvalue weighted by Gasteiger charge is -2.43. The molecule has 11 atom stereocenters. The molecule has 3 fully saturated rings. The number of benzene rings is 1. The van der Waals surface area contributed by atoms with Gasteiger partial charge in [0.15, 0.2) is 17.8 Å². The summed E-state index contributed by atoms with van der Waals surface area (Å²) in [5.74, 6) is -2.02. The van der Waals surface area contributed by atoms with Crippen molar-refractivity contribution in [2.24, 2.45) is 11.8 Å². The summed E-state index contributed by atoms with van der Waals surface area (Å²) in [6.07, 6.45) is -7.46. The number of ether oxygens (including phenoxy) is 6. The Morgan fingerprint density at radius 2 is 1.86 bits per heavy atom. The number of hydrogen-bond acceptors (Lipinski definition) is 13. The van der Waals surface area contributed by atoms with Gasteiger partial charge in [-0.3, -0.25) is 0 Å². The second kappa shape index (κ2) is 9.43. The molecule has 13 nitrogen and oxygen atoms in total. The average Bonchev–Trinajstić information content (AvgIpc) is 3.57. The molecule has 2 saturated heterocycles. The Morgan fingerprint density at radius 1 is 1.08 bits per heavy atom. The van der Waals surface area contributed by atoms with E-state index in [0.717, 1.165) is 6.07 Å². The van der Waals surface area contributed by atoms with Crippen LogP contribution in [0.1, 0.15) is 10.4 Å². The molecule has 0 bridgehead atoms. The molecule has 4 aliphatic rings. The van der Waals surface area contributed by atoms with Crippen LogP contribution in [-0.2, 0) is 23.7 Å². The van der Waals surface area contributed by atoms with Crippen LogP contribution in [-0.4, -0.2) is 112 Å². The normalized spacial score (nSPS) is 42.7. The maximum absolute atomic E-state index is 12.4. The predicted octanol–water partition coefficient (Wildman–Crippen LogP) is -2.01. The minimum absolute atomic E-state index is 0.00787. The largest absolute Gasteiger partial charge is 0.504 e. The fraction of sp³-hybridized carbons (Fsp3) is 0.609. The first-order valence-corrected chi connectivity index (χ1v) is 11.4. The molecule has 0 amide bonds. The van der Waals surface area contributed by atoms with E-state index in [9.17, 15) is 35.4 Å². The number of esters is 1. The van der Waals surface area contributed by atoms with Crippen molar-refractivity contribution in [3.63, 3.8) is 0 Å². The van der Waals surface area contributed by atoms with E-state index in [1.54, 1.807) is 6.08 Å². The fourth-order valence-electron chi connectivity index (χ4n) is 5.22. The van der Waals surface area contributed by atoms with Crippen LogP contribution in [0.2, 0.25) is 0 Å². The molecule has 1 aromatic rings. The van der Waals surface area contributed by atoms with E-state index in [0.29, 0.717) is 0 Å². The SMILES string of the molecule is COc1ccc(C(=O)OC[C@H]2O[C@@H](O[C@@H]3OC=C[C@H]4[C@H](O)[C@@H]5O[C@]5(CO)[C@@H]34)[C@H](O)[C@@H](O)[C@@H]2O)cc1O. The molecule has 1 aromatic carbocycles. The first-order chi connectivity index (χ1) is 17.2. The Labute approximate surface area is 205 Å². The van der Waals surface area contributed by atoms with Gasteiger partial charge in [-0.15, -0.1) is 0 Å². The zero-order valence-corrected chi connectivity index (χ0v) is 19.1. The lowest BCUT2D eigenvalue weighted by molar-refractivity contribution is -0.344. The minimum Gasteiger partial charge on any atom is -0.504 e. The Morgan fingerprint density at radius 3 is 2.56 bits per heavy atom. The number of aliphatic hydroxyl groups is 5. The van der Waals surface area contributed by atoms with Gasteiger partial charge in [0.25, 0.3) is 0 Å². The number of phenolic OH excluding ortho intramolecular Hbond substituents is 1. The van der Waals surface area contributed by atoms with Crippen molar-refractivity contribution in [3.8, 4) is 11.5 Å². The van der Waals surface area contributed by atoms with Gasteiger partial charge in [0.1, 0.15) is 42.7 Å². The van der Waals surface area contributed by atoms with E-state index in [-0.39, 0.29) is 23.7 Å². The number of aromatic hydroxyl groups is 1. The van der Waals surface area contributed by atoms with Crippen molar-refractivity contribution in [2.45, 2.75) is 54.8 Å². The second-order valence-corrected chi connectivity index (χ2v) is 9.21. The number of carbonyl (C=O) groups excluding carboxylic acids is 1. The smallest absolute Gasteiger partial charge is 0.338 e. The highest BCUT2D eigenvalue weighted by Gasteiger charge is 2.75. The summed E-state index contributed by atoms with van der Waals surface area (Å²) in [5, 5.41) is 61.4. The van der Waals surface area contributed by atoms with Crippen molar-refractivity contribution >= 4 is 5.97 Å². The van der Waals surface area contributed by atoms with Crippen molar-refractivity contribution in [1.82, 2.24) is 0 Å². The maximum Gasteiger partial charge on any atom is 0.338 e. The Bertz CT molecular complexity index is 1020. The Hall–Kier alpha value is -2.49. The third-order valence-electron chi connectivity index (χ3n) is 7.24. The van der Waals surface area contributed by atoms with Crippen LogP contribution >= 0.6 is 0 Å². The molecule has 1 aliphatic carbocycles. The molecule has 0 spiro atoms. The van der Waals surface area contributed by atoms with Gasteiger partial charge >= 0.3 is 5.97 Å². The third-order valence-corrected chi connectivity index (χ3v) is 7.24. The second-order valence-electron chi connectivity index (χ2n) is 9.21. The van der Waals surface area contributed by atoms with Crippen LogP contribution < -0.4 is 4.74 Å². The zero-order chi connectivity index (χ0) is 25.8. The van der Waals surface area contributed by atoms with E-state index in [2.05, 4.69) is 0 Å². The monoisotopic (exact) mass is 512 g/mol. The van der Waals surface area contributed by atoms with E-state index in [1.807, 2.05) is 0 Å². The van der Waals surface area contributed by atoms with Gasteiger partial charge in [-0.1, -0.05) is 0 Å². The topological polar surface area (TPSA) is 197 Å². The molecule has 3 aliphatic heterocycles. The average molecular weight is 512 g/mol. The molecule has 0 radical (unpaired) electrons. The summed E-state index contributed by atoms with van der Waals surface area (Å²) >= 11 is 0. The van der Waals surface area contributed by atoms with Crippen molar-refractivity contribution < 1.29 is 63.9 Å². The molecule has 6 N–H and O–H groups in total. The summed E-state index contributed by atoms with van der Waals surface area (Å²) in [7, 11) is 1.36. The first kappa shape index (κ1) is 25.2. The van der Waals surface area contributed by atoms with Crippen LogP contribution in [0.15, 0.2) is 30.5 Å². The molecule has 0 unspecified atom stereocenters. The van der Waals surface area contributed by atoms with Gasteiger partial charge in [-0.25, -0.2) is 4.79 Å². The lowest BCUT2D eigenvalue weighted by Crippen LogP contribution is -2.60. The molecule has 0 aromatic heterocycles. The number of rotatable bonds is 7. The number of phenols is 1. The number of carbonyl (C=O) groups is 1. The van der Waals surface area contributed by atoms with E-state index < -0.39 is 79.2 Å². The standard InChI is InChI=1S/C23H28O13/c1-31-12-3-2-9(6-11(12)25)20(30)33-7-13-16(27)17(28)18(29)22(34-13)35-21-14-10(4-5-32-21)15(26)19-23(14,8-24)36-19/h2-6,10,13-19,21-22,24-29H,7-8H2,1H3/t10-,13-,14-,15+,16-,17+,18-,19+,21+,22+,23-/m1/s1. The number of fused-ring (bicyclic) bond motifs is 3. The maximum atomic E-state index is 12.4. The highest BCUT2D eigenvalue weighted by atomic mass is 16.8. The Balaban J connectivity index is 1.25. The number of aliphatic hydroxyl groups excluding tert-OH is 5. The summed E-state index contributed by atoms with van der Waals surface area (Å²) in [5.41, 5.74) is -1.07. The van der Waals surface area contributed by atoms with Crippen LogP contribution in [0, 0.1) is 11.8 Å². The highest BCUT2D eigenvalue weighted by Crippen LogP contribution is 2.59. The van der Waals surface area contributed by atoms with Gasteiger partial charge in [0.05, 0.1) is 37.6 Å². The zero-order valence-electron chi connectivity index (χ0n) is 19.1. The quantitative estimate of drug-likeness (QED) is 0.173. The lowest BCUT2D eigenvalue weighted by atomic mass is 9.85. The predicted molar refractivity (Wildman–Crippen MR) is 114 cm³/mol. The minimum atomic E-state index is -1.71. The molecule has 13 heteroatoms. The summed E-state index contributed by atoms with van der Waals surface area (Å²) < 4.78 is 32.6. The number of hydrogen-bond donors (Lipinski definition) is 6. The molecular formula is C23H28O13. The van der Waals surface area contributed by atoms with Gasteiger partial charge < -0.3 is 59.1 Å². The molecule has 1 saturated carbocycles. The molecule has 36 heavy (non-hydrogen) atoms. The van der Waals surface area contributed by atoms with Gasteiger partial charge in [-0.05, 0) is 24.3 Å². The third kappa shape index (κ3) is 4.01. The van der Waals surface area contributed by atoms with Gasteiger partial charge in [0, 0.05) is 5.92 Å². The van der Waals surface area contributed by atoms with Crippen LogP contribution in [0.4, 0.5) is 0 Å². The molecule has 3 heterocycles. The van der Waals surface area contributed by atoms with Crippen LogP contribution in [0.5, 0.6) is 11.5 Å². The van der Waals surface area contributed by atoms with Crippen LogP contribution in [0.3, 0.4) is 0 Å². The van der Waals surface area contributed by atoms with Crippen molar-refractivity contribution in [3.05, 3.63) is 36.1 Å². The van der Waals surface area contributed by atoms with Crippen molar-refractivity contribution in [1.29, 1.82) is 0 Å². The fourth-order valence-corrected chi connectivity index (χ4v) is 5.22.